The van der Waals surface area contributed by atoms with Gasteiger partial charge in [0.2, 0.25) is 0 Å². The number of hydrogen-bond donors (Lipinski definition) is 0. The fraction of sp³-hybridized carbons (Fsp3) is 0.0625. The van der Waals surface area contributed by atoms with Crippen molar-refractivity contribution in [2.75, 3.05) is 0 Å². The van der Waals surface area contributed by atoms with Crippen LogP contribution in [0.4, 0.5) is 0 Å². The quantitative estimate of drug-likeness (QED) is 0.229. The molecule has 0 atom stereocenters. The van der Waals surface area contributed by atoms with Gasteiger partial charge >= 0.3 is 0 Å². The Bertz CT molecular complexity index is 2060. The van der Waals surface area contributed by atoms with Gasteiger partial charge in [0.05, 0.1) is 22.1 Å². The Morgan fingerprint density at radius 1 is 0.629 bits per heavy atom. The molecular formula is C32H19N3. The Balaban J connectivity index is 1.45. The van der Waals surface area contributed by atoms with Crippen molar-refractivity contribution in [3.8, 4) is 22.3 Å². The van der Waals surface area contributed by atoms with E-state index in [1.54, 1.807) is 0 Å². The second kappa shape index (κ2) is 6.13. The summed E-state index contributed by atoms with van der Waals surface area (Å²) in [5.74, 6) is 0. The standard InChI is InChI=1S/C32H19N3/c1-2-7-21-18(6-1)16-19-11-12-20-17-24-22(29(20)28(19)21)13-14-23-30(24)31-27(10-5-15-33-31)35-26-9-4-3-8-25(26)34-32(23)35/h1-15H,16-17H2. The summed E-state index contributed by atoms with van der Waals surface area (Å²) < 4.78 is 2.28. The van der Waals surface area contributed by atoms with E-state index in [9.17, 15) is 0 Å². The van der Waals surface area contributed by atoms with Crippen molar-refractivity contribution in [1.29, 1.82) is 0 Å². The van der Waals surface area contributed by atoms with Crippen molar-refractivity contribution >= 4 is 38.5 Å². The third-order valence-corrected chi connectivity index (χ3v) is 8.06. The van der Waals surface area contributed by atoms with Crippen LogP contribution in [0.15, 0.2) is 91.1 Å². The van der Waals surface area contributed by atoms with E-state index in [-0.39, 0.29) is 0 Å². The lowest BCUT2D eigenvalue weighted by atomic mass is 9.93. The molecule has 0 radical (unpaired) electrons. The zero-order valence-electron chi connectivity index (χ0n) is 18.9. The fourth-order valence-electron chi connectivity index (χ4n) is 6.66. The van der Waals surface area contributed by atoms with Crippen LogP contribution >= 0.6 is 0 Å². The topological polar surface area (TPSA) is 30.2 Å². The zero-order valence-corrected chi connectivity index (χ0v) is 18.9. The van der Waals surface area contributed by atoms with E-state index in [4.69, 9.17) is 9.97 Å². The van der Waals surface area contributed by atoms with Gasteiger partial charge in [0.15, 0.2) is 0 Å². The summed E-state index contributed by atoms with van der Waals surface area (Å²) in [6.07, 6.45) is 3.87. The van der Waals surface area contributed by atoms with E-state index in [1.807, 2.05) is 12.3 Å². The highest BCUT2D eigenvalue weighted by Gasteiger charge is 2.30. The minimum atomic E-state index is 0.930. The summed E-state index contributed by atoms with van der Waals surface area (Å²) in [6, 6.07) is 30.8. The molecule has 0 saturated carbocycles. The molecule has 0 aliphatic heterocycles. The van der Waals surface area contributed by atoms with Gasteiger partial charge in [0, 0.05) is 17.0 Å². The molecule has 162 valence electrons. The molecule has 7 aromatic rings. The van der Waals surface area contributed by atoms with Crippen LogP contribution in [0.5, 0.6) is 0 Å². The third-order valence-electron chi connectivity index (χ3n) is 8.06. The molecule has 9 rings (SSSR count). The van der Waals surface area contributed by atoms with Crippen LogP contribution in [0.25, 0.3) is 60.7 Å². The molecule has 3 aromatic heterocycles. The fourth-order valence-corrected chi connectivity index (χ4v) is 6.66. The number of imidazole rings is 1. The Morgan fingerprint density at radius 3 is 2.40 bits per heavy atom. The van der Waals surface area contributed by atoms with Crippen LogP contribution < -0.4 is 0 Å². The molecule has 35 heavy (non-hydrogen) atoms. The molecule has 3 heteroatoms. The molecule has 0 spiro atoms. The van der Waals surface area contributed by atoms with Gasteiger partial charge in [-0.3, -0.25) is 9.38 Å². The number of pyridine rings is 2. The summed E-state index contributed by atoms with van der Waals surface area (Å²) >= 11 is 0. The maximum absolute atomic E-state index is 5.09. The summed E-state index contributed by atoms with van der Waals surface area (Å²) in [7, 11) is 0. The summed E-state index contributed by atoms with van der Waals surface area (Å²) in [5, 5.41) is 2.42. The first-order valence-corrected chi connectivity index (χ1v) is 12.2. The van der Waals surface area contributed by atoms with Crippen molar-refractivity contribution in [2.45, 2.75) is 12.8 Å². The van der Waals surface area contributed by atoms with Gasteiger partial charge in [-0.1, -0.05) is 54.6 Å². The van der Waals surface area contributed by atoms with E-state index in [1.165, 1.54) is 55.3 Å². The van der Waals surface area contributed by atoms with Crippen molar-refractivity contribution in [2.24, 2.45) is 0 Å². The molecule has 2 aliphatic rings. The molecule has 3 heterocycles. The van der Waals surface area contributed by atoms with Crippen LogP contribution in [0, 0.1) is 0 Å². The van der Waals surface area contributed by atoms with E-state index in [0.717, 1.165) is 40.6 Å². The molecule has 4 aromatic carbocycles. The monoisotopic (exact) mass is 445 g/mol. The van der Waals surface area contributed by atoms with Gasteiger partial charge in [0.25, 0.3) is 0 Å². The van der Waals surface area contributed by atoms with Crippen molar-refractivity contribution < 1.29 is 0 Å². The Kier molecular flexibility index (Phi) is 3.14. The molecule has 0 N–H and O–H groups in total. The molecule has 3 nitrogen and oxygen atoms in total. The Hall–Kier alpha value is -4.50. The number of benzene rings is 4. The summed E-state index contributed by atoms with van der Waals surface area (Å²) in [5.41, 5.74) is 16.6. The van der Waals surface area contributed by atoms with Crippen LogP contribution in [-0.2, 0) is 12.8 Å². The molecule has 0 amide bonds. The average Bonchev–Trinajstić information content (AvgIpc) is 3.59. The van der Waals surface area contributed by atoms with E-state index < -0.39 is 0 Å². The Labute approximate surface area is 201 Å². The maximum atomic E-state index is 5.09. The number of para-hydroxylation sites is 2. The number of aromatic nitrogens is 3. The lowest BCUT2D eigenvalue weighted by Crippen LogP contribution is -1.96. The van der Waals surface area contributed by atoms with Crippen LogP contribution in [0.3, 0.4) is 0 Å². The SMILES string of the molecule is c1ccc2c(c1)Cc1ccc3c(c1-2)-c1ccc2c(c1C3)c1ncccc1n1c3ccccc3nc21. The van der Waals surface area contributed by atoms with Crippen molar-refractivity contribution in [3.63, 3.8) is 0 Å². The minimum Gasteiger partial charge on any atom is -0.290 e. The van der Waals surface area contributed by atoms with E-state index >= 15 is 0 Å². The minimum absolute atomic E-state index is 0.930. The zero-order chi connectivity index (χ0) is 22.7. The molecule has 2 aliphatic carbocycles. The smallest absolute Gasteiger partial charge is 0.146 e. The first kappa shape index (κ1) is 17.9. The predicted octanol–water partition coefficient (Wildman–Crippen LogP) is 7.33. The van der Waals surface area contributed by atoms with Crippen LogP contribution in [0.1, 0.15) is 22.3 Å². The second-order valence-corrected chi connectivity index (χ2v) is 9.79. The lowest BCUT2D eigenvalue weighted by molar-refractivity contribution is 1.24. The molecule has 0 saturated heterocycles. The van der Waals surface area contributed by atoms with E-state index in [2.05, 4.69) is 83.3 Å². The molecule has 0 fully saturated rings. The average molecular weight is 446 g/mol. The third kappa shape index (κ3) is 2.12. The number of nitrogens with zero attached hydrogens (tertiary/aromatic N) is 3. The predicted molar refractivity (Wildman–Crippen MR) is 142 cm³/mol. The highest BCUT2D eigenvalue weighted by molar-refractivity contribution is 6.16. The highest BCUT2D eigenvalue weighted by atomic mass is 15.0. The van der Waals surface area contributed by atoms with Gasteiger partial charge < -0.3 is 0 Å². The number of rotatable bonds is 0. The first-order chi connectivity index (χ1) is 17.4. The van der Waals surface area contributed by atoms with Gasteiger partial charge in [-0.15, -0.1) is 0 Å². The Morgan fingerprint density at radius 2 is 1.43 bits per heavy atom. The molecule has 0 unspecified atom stereocenters. The maximum Gasteiger partial charge on any atom is 0.146 e. The number of hydrogen-bond acceptors (Lipinski definition) is 2. The van der Waals surface area contributed by atoms with Gasteiger partial charge in [-0.05, 0) is 87.7 Å². The highest BCUT2D eigenvalue weighted by Crippen LogP contribution is 2.51. The number of fused-ring (bicyclic) bond motifs is 16. The summed E-state index contributed by atoms with van der Waals surface area (Å²) in [6.45, 7) is 0. The normalized spacial score (nSPS) is 13.5. The van der Waals surface area contributed by atoms with Crippen LogP contribution in [0.2, 0.25) is 0 Å². The molecule has 0 bridgehead atoms. The van der Waals surface area contributed by atoms with Gasteiger partial charge in [-0.2, -0.15) is 0 Å². The first-order valence-electron chi connectivity index (χ1n) is 12.2. The van der Waals surface area contributed by atoms with E-state index in [0.29, 0.717) is 0 Å². The largest absolute Gasteiger partial charge is 0.290 e. The van der Waals surface area contributed by atoms with Crippen molar-refractivity contribution in [3.05, 3.63) is 113 Å². The molecular weight excluding hydrogens is 426 g/mol. The lowest BCUT2D eigenvalue weighted by Gasteiger charge is -2.13. The second-order valence-electron chi connectivity index (χ2n) is 9.79. The van der Waals surface area contributed by atoms with Gasteiger partial charge in [0.1, 0.15) is 5.65 Å². The summed E-state index contributed by atoms with van der Waals surface area (Å²) in [4.78, 5) is 10.0. The van der Waals surface area contributed by atoms with Crippen LogP contribution in [-0.4, -0.2) is 14.4 Å². The van der Waals surface area contributed by atoms with Crippen molar-refractivity contribution in [1.82, 2.24) is 14.4 Å². The van der Waals surface area contributed by atoms with Gasteiger partial charge in [-0.25, -0.2) is 4.98 Å².